The number of hydrogen-bond acceptors (Lipinski definition) is 9. The molecule has 1 atom stereocenters. The molecule has 0 radical (unpaired) electrons. The van der Waals surface area contributed by atoms with Crippen molar-refractivity contribution in [2.45, 2.75) is 56.9 Å². The highest BCUT2D eigenvalue weighted by Crippen LogP contribution is 2.41. The molecule has 4 rings (SSSR count). The Bertz CT molecular complexity index is 1110. The highest BCUT2D eigenvalue weighted by Gasteiger charge is 2.20. The minimum absolute atomic E-state index is 0.106. The minimum atomic E-state index is 0.106. The number of piperidine rings is 1. The van der Waals surface area contributed by atoms with Gasteiger partial charge < -0.3 is 15.2 Å². The molecule has 188 valence electrons. The first-order valence-electron chi connectivity index (χ1n) is 12.3. The van der Waals surface area contributed by atoms with E-state index in [4.69, 9.17) is 20.2 Å². The normalized spacial score (nSPS) is 15.2. The smallest absolute Gasteiger partial charge is 0.190 e. The lowest BCUT2D eigenvalue weighted by molar-refractivity contribution is 0.180. The van der Waals surface area contributed by atoms with Crippen molar-refractivity contribution in [2.75, 3.05) is 39.1 Å². The summed E-state index contributed by atoms with van der Waals surface area (Å²) in [5.74, 6) is 2.01. The van der Waals surface area contributed by atoms with Crippen molar-refractivity contribution >= 4 is 28.9 Å². The van der Waals surface area contributed by atoms with Gasteiger partial charge in [-0.2, -0.15) is 0 Å². The number of aromatic nitrogens is 3. The van der Waals surface area contributed by atoms with Crippen molar-refractivity contribution in [1.82, 2.24) is 19.9 Å². The topological polar surface area (TPSA) is 86.4 Å². The summed E-state index contributed by atoms with van der Waals surface area (Å²) in [5, 5.41) is 1.77. The summed E-state index contributed by atoms with van der Waals surface area (Å²) in [4.78, 5) is 17.7. The molecule has 2 N–H and O–H groups in total. The van der Waals surface area contributed by atoms with Crippen LogP contribution in [0.15, 0.2) is 29.4 Å². The predicted octanol–water partition coefficient (Wildman–Crippen LogP) is 5.78. The number of likely N-dealkylation sites (tertiary alicyclic amines) is 1. The molecule has 1 aliphatic rings. The third kappa shape index (κ3) is 6.65. The van der Waals surface area contributed by atoms with Gasteiger partial charge in [-0.05, 0) is 64.4 Å². The Morgan fingerprint density at radius 2 is 1.91 bits per heavy atom. The Morgan fingerprint density at radius 3 is 2.63 bits per heavy atom. The molecule has 1 fully saturated rings. The second-order valence-corrected chi connectivity index (χ2v) is 11.2. The lowest BCUT2D eigenvalue weighted by atomic mass is 10.1. The van der Waals surface area contributed by atoms with Crippen molar-refractivity contribution in [3.05, 3.63) is 40.5 Å². The Hall–Kier alpha value is -2.36. The van der Waals surface area contributed by atoms with E-state index in [0.717, 1.165) is 46.4 Å². The lowest BCUT2D eigenvalue weighted by Gasteiger charge is -2.26. The average Bonchev–Trinajstić information content (AvgIpc) is 3.29. The molecule has 9 heteroatoms. The van der Waals surface area contributed by atoms with Crippen LogP contribution in [0.2, 0.25) is 0 Å². The number of nitrogen functional groups attached to an aromatic ring is 1. The second-order valence-electron chi connectivity index (χ2n) is 8.77. The van der Waals surface area contributed by atoms with Crippen LogP contribution in [0.3, 0.4) is 0 Å². The maximum Gasteiger partial charge on any atom is 0.190 e. The summed E-state index contributed by atoms with van der Waals surface area (Å²) in [6.07, 6.45) is 4.83. The summed E-state index contributed by atoms with van der Waals surface area (Å²) in [5.41, 5.74) is 8.90. The molecule has 7 nitrogen and oxygen atoms in total. The minimum Gasteiger partial charge on any atom is -0.493 e. The van der Waals surface area contributed by atoms with E-state index in [0.29, 0.717) is 17.6 Å². The fourth-order valence-electron chi connectivity index (χ4n) is 4.28. The van der Waals surface area contributed by atoms with Gasteiger partial charge in [0.15, 0.2) is 16.7 Å². The number of nitrogens with zero attached hydrogens (tertiary/aromatic N) is 4. The second kappa shape index (κ2) is 12.1. The van der Waals surface area contributed by atoms with Gasteiger partial charge >= 0.3 is 0 Å². The van der Waals surface area contributed by atoms with Gasteiger partial charge in [0.1, 0.15) is 17.4 Å². The van der Waals surface area contributed by atoms with Crippen molar-refractivity contribution < 1.29 is 9.47 Å². The highest BCUT2D eigenvalue weighted by molar-refractivity contribution is 7.99. The van der Waals surface area contributed by atoms with E-state index in [9.17, 15) is 0 Å². The summed E-state index contributed by atoms with van der Waals surface area (Å²) in [6, 6.07) is 7.86. The van der Waals surface area contributed by atoms with E-state index < -0.39 is 0 Å². The fourth-order valence-corrected chi connectivity index (χ4v) is 6.43. The first kappa shape index (κ1) is 25.7. The van der Waals surface area contributed by atoms with Gasteiger partial charge in [-0.25, -0.2) is 15.0 Å². The van der Waals surface area contributed by atoms with Gasteiger partial charge in [0.25, 0.3) is 0 Å². The van der Waals surface area contributed by atoms with Crippen LogP contribution in [0.1, 0.15) is 54.6 Å². The molecule has 0 saturated carbocycles. The average molecular weight is 514 g/mol. The molecule has 0 spiro atoms. The number of methoxy groups -OCH3 is 1. The van der Waals surface area contributed by atoms with Crippen molar-refractivity contribution in [3.8, 4) is 22.1 Å². The van der Waals surface area contributed by atoms with Crippen molar-refractivity contribution in [3.63, 3.8) is 0 Å². The van der Waals surface area contributed by atoms with Gasteiger partial charge in [0, 0.05) is 28.7 Å². The monoisotopic (exact) mass is 513 g/mol. The van der Waals surface area contributed by atoms with E-state index in [1.165, 1.54) is 37.2 Å². The molecule has 1 aliphatic heterocycles. The maximum absolute atomic E-state index is 6.18. The maximum atomic E-state index is 6.18. The van der Waals surface area contributed by atoms with Crippen molar-refractivity contribution in [2.24, 2.45) is 0 Å². The largest absolute Gasteiger partial charge is 0.493 e. The van der Waals surface area contributed by atoms with Crippen LogP contribution < -0.4 is 15.2 Å². The van der Waals surface area contributed by atoms with Crippen LogP contribution in [0.5, 0.6) is 11.5 Å². The zero-order chi connectivity index (χ0) is 24.8. The molecule has 2 aromatic heterocycles. The van der Waals surface area contributed by atoms with Gasteiger partial charge in [0.2, 0.25) is 0 Å². The van der Waals surface area contributed by atoms with E-state index in [2.05, 4.69) is 40.8 Å². The quantitative estimate of drug-likeness (QED) is 0.270. The van der Waals surface area contributed by atoms with E-state index in [1.807, 2.05) is 13.0 Å². The summed E-state index contributed by atoms with van der Waals surface area (Å²) < 4.78 is 11.8. The molecular formula is C26H35N5O2S2. The summed E-state index contributed by atoms with van der Waals surface area (Å²) in [7, 11) is 1.68. The molecule has 35 heavy (non-hydrogen) atoms. The SMILES string of the molecule is CCc1sc(-c2ccc(OC)c(OCCN3CCCCC3)c2)nc1C(C)Sc1nc(C)cc(N)n1. The Balaban J connectivity index is 1.51. The van der Waals surface area contributed by atoms with E-state index in [1.54, 1.807) is 36.3 Å². The molecule has 1 saturated heterocycles. The number of rotatable bonds is 10. The number of thioether (sulfide) groups is 1. The Morgan fingerprint density at radius 1 is 1.11 bits per heavy atom. The van der Waals surface area contributed by atoms with Gasteiger partial charge in [-0.3, -0.25) is 4.90 Å². The summed E-state index contributed by atoms with van der Waals surface area (Å²) >= 11 is 3.32. The van der Waals surface area contributed by atoms with Crippen LogP contribution in [0.25, 0.3) is 10.6 Å². The van der Waals surface area contributed by atoms with Crippen LogP contribution in [0.4, 0.5) is 5.82 Å². The lowest BCUT2D eigenvalue weighted by Crippen LogP contribution is -2.33. The zero-order valence-electron chi connectivity index (χ0n) is 21.0. The predicted molar refractivity (Wildman–Crippen MR) is 145 cm³/mol. The number of nitrogens with two attached hydrogens (primary N) is 1. The van der Waals surface area contributed by atoms with Crippen LogP contribution in [-0.4, -0.2) is 53.2 Å². The van der Waals surface area contributed by atoms with Crippen molar-refractivity contribution in [1.29, 1.82) is 0 Å². The highest BCUT2D eigenvalue weighted by atomic mass is 32.2. The third-order valence-corrected chi connectivity index (χ3v) is 8.33. The first-order valence-corrected chi connectivity index (χ1v) is 14.0. The standard InChI is InChI=1S/C26H35N5O2S2/c1-5-22-24(18(3)34-26-28-17(2)15-23(27)29-26)30-25(35-22)19-9-10-20(32-4)21(16-19)33-14-13-31-11-7-6-8-12-31/h9-10,15-16,18H,5-8,11-14H2,1-4H3,(H2,27,28,29). The number of ether oxygens (including phenoxy) is 2. The van der Waals surface area contributed by atoms with Gasteiger partial charge in [0.05, 0.1) is 18.1 Å². The number of hydrogen-bond donors (Lipinski definition) is 1. The first-order chi connectivity index (χ1) is 17.0. The van der Waals surface area contributed by atoms with E-state index in [-0.39, 0.29) is 5.25 Å². The number of anilines is 1. The zero-order valence-corrected chi connectivity index (χ0v) is 22.7. The third-order valence-electron chi connectivity index (χ3n) is 6.09. The van der Waals surface area contributed by atoms with Crippen LogP contribution in [-0.2, 0) is 6.42 Å². The molecular weight excluding hydrogens is 478 g/mol. The van der Waals surface area contributed by atoms with Crippen LogP contribution >= 0.6 is 23.1 Å². The molecule has 1 unspecified atom stereocenters. The van der Waals surface area contributed by atoms with E-state index >= 15 is 0 Å². The fraction of sp³-hybridized carbons (Fsp3) is 0.500. The molecule has 0 aliphatic carbocycles. The molecule has 1 aromatic carbocycles. The number of aryl methyl sites for hydroxylation is 2. The molecule has 3 heterocycles. The molecule has 3 aromatic rings. The summed E-state index contributed by atoms with van der Waals surface area (Å²) in [6.45, 7) is 10.2. The molecule has 0 bridgehead atoms. The number of thiazole rings is 1. The van der Waals surface area contributed by atoms with Gasteiger partial charge in [-0.1, -0.05) is 25.1 Å². The van der Waals surface area contributed by atoms with Crippen LogP contribution in [0, 0.1) is 6.92 Å². The number of benzene rings is 1. The Kier molecular flexibility index (Phi) is 8.86. The Labute approximate surface area is 216 Å². The van der Waals surface area contributed by atoms with Gasteiger partial charge in [-0.15, -0.1) is 11.3 Å². The molecule has 0 amide bonds.